The molecule has 1 heterocycles. The molecule has 5 nitrogen and oxygen atoms in total. The predicted molar refractivity (Wildman–Crippen MR) is 96.3 cm³/mol. The fraction of sp³-hybridized carbons (Fsp3) is 0.333. The number of terminal acetylenes is 1. The lowest BCUT2D eigenvalue weighted by Gasteiger charge is -2.40. The maximum absolute atomic E-state index is 14.3. The third kappa shape index (κ3) is 4.03. The van der Waals surface area contributed by atoms with Crippen LogP contribution in [0.3, 0.4) is 0 Å². The van der Waals surface area contributed by atoms with Crippen LogP contribution >= 0.6 is 0 Å². The third-order valence-corrected chi connectivity index (χ3v) is 4.81. The second-order valence-corrected chi connectivity index (χ2v) is 6.62. The lowest BCUT2D eigenvalue weighted by molar-refractivity contribution is -0.231. The van der Waals surface area contributed by atoms with Gasteiger partial charge in [0.15, 0.2) is 0 Å². The minimum absolute atomic E-state index is 0.307. The minimum Gasteiger partial charge on any atom is -0.394 e. The topological polar surface area (TPSA) is 90.2 Å². The zero-order valence-electron chi connectivity index (χ0n) is 14.5. The van der Waals surface area contributed by atoms with Crippen LogP contribution in [0, 0.1) is 18.2 Å². The predicted octanol–water partition coefficient (Wildman–Crippen LogP) is 0.913. The quantitative estimate of drug-likeness (QED) is 0.599. The standard InChI is InChI=1S/C21H21FO5/c1-2-12-3-5-13(6-4-12)9-15-10-14(7-8-16(15)22)21-20(26)19(25)18(24)17(11-23)27-21/h1,3-8,10,17-21,23-26H,9,11H2/t17-,18-,19?,20-,21+/m1/s1. The molecule has 1 aliphatic heterocycles. The van der Waals surface area contributed by atoms with Gasteiger partial charge in [-0.2, -0.15) is 0 Å². The van der Waals surface area contributed by atoms with E-state index in [2.05, 4.69) is 5.92 Å². The maximum Gasteiger partial charge on any atom is 0.126 e. The second-order valence-electron chi connectivity index (χ2n) is 6.62. The number of aliphatic hydroxyl groups excluding tert-OH is 4. The number of hydrogen-bond acceptors (Lipinski definition) is 5. The molecule has 0 aliphatic carbocycles. The molecule has 1 fully saturated rings. The Morgan fingerprint density at radius 1 is 1.00 bits per heavy atom. The SMILES string of the molecule is C#Cc1ccc(Cc2cc([C@@H]3O[C@H](CO)[C@@H](O)C(O)[C@H]3O)ccc2F)cc1. The molecular weight excluding hydrogens is 351 g/mol. The highest BCUT2D eigenvalue weighted by Gasteiger charge is 2.44. The van der Waals surface area contributed by atoms with Gasteiger partial charge in [-0.1, -0.05) is 24.1 Å². The summed E-state index contributed by atoms with van der Waals surface area (Å²) < 4.78 is 19.8. The first-order valence-electron chi connectivity index (χ1n) is 8.59. The van der Waals surface area contributed by atoms with Gasteiger partial charge < -0.3 is 25.2 Å². The Bertz CT molecular complexity index is 827. The minimum atomic E-state index is -1.48. The maximum atomic E-state index is 14.3. The number of aliphatic hydroxyl groups is 4. The number of hydrogen-bond donors (Lipinski definition) is 4. The van der Waals surface area contributed by atoms with Crippen molar-refractivity contribution in [3.63, 3.8) is 0 Å². The van der Waals surface area contributed by atoms with Crippen molar-refractivity contribution in [2.24, 2.45) is 0 Å². The van der Waals surface area contributed by atoms with E-state index in [-0.39, 0.29) is 0 Å². The van der Waals surface area contributed by atoms with Gasteiger partial charge in [0.1, 0.15) is 36.3 Å². The van der Waals surface area contributed by atoms with Crippen LogP contribution in [0.15, 0.2) is 42.5 Å². The molecule has 2 aromatic carbocycles. The molecule has 5 atom stereocenters. The molecule has 0 aromatic heterocycles. The summed E-state index contributed by atoms with van der Waals surface area (Å²) in [5, 5.41) is 39.4. The van der Waals surface area contributed by atoms with E-state index >= 15 is 0 Å². The number of halogens is 1. The van der Waals surface area contributed by atoms with Crippen molar-refractivity contribution in [3.8, 4) is 12.3 Å². The molecule has 142 valence electrons. The Labute approximate surface area is 156 Å². The molecule has 0 bridgehead atoms. The van der Waals surface area contributed by atoms with E-state index in [1.807, 2.05) is 12.1 Å². The molecule has 0 spiro atoms. The van der Waals surface area contributed by atoms with E-state index in [4.69, 9.17) is 11.2 Å². The molecule has 0 amide bonds. The van der Waals surface area contributed by atoms with Crippen molar-refractivity contribution in [1.82, 2.24) is 0 Å². The largest absolute Gasteiger partial charge is 0.394 e. The lowest BCUT2D eigenvalue weighted by Crippen LogP contribution is -2.55. The highest BCUT2D eigenvalue weighted by molar-refractivity contribution is 5.37. The lowest BCUT2D eigenvalue weighted by atomic mass is 9.90. The Kier molecular flexibility index (Phi) is 5.90. The van der Waals surface area contributed by atoms with Gasteiger partial charge in [0.2, 0.25) is 0 Å². The summed E-state index contributed by atoms with van der Waals surface area (Å²) in [6.45, 7) is -0.517. The molecule has 0 saturated carbocycles. The number of ether oxygens (including phenoxy) is 1. The van der Waals surface area contributed by atoms with Gasteiger partial charge in [0.25, 0.3) is 0 Å². The van der Waals surface area contributed by atoms with Gasteiger partial charge in [-0.05, 0) is 41.0 Å². The first kappa shape index (κ1) is 19.5. The fourth-order valence-corrected chi connectivity index (χ4v) is 3.22. The van der Waals surface area contributed by atoms with Crippen molar-refractivity contribution in [2.75, 3.05) is 6.61 Å². The summed E-state index contributed by atoms with van der Waals surface area (Å²) in [5.74, 6) is 2.11. The van der Waals surface area contributed by atoms with E-state index in [1.54, 1.807) is 18.2 Å². The molecule has 0 radical (unpaired) electrons. The average Bonchev–Trinajstić information content (AvgIpc) is 2.69. The molecule has 1 aliphatic rings. The molecule has 1 saturated heterocycles. The van der Waals surface area contributed by atoms with E-state index in [0.29, 0.717) is 17.5 Å². The highest BCUT2D eigenvalue weighted by Crippen LogP contribution is 2.33. The van der Waals surface area contributed by atoms with Crippen LogP contribution in [0.5, 0.6) is 0 Å². The Morgan fingerprint density at radius 2 is 1.70 bits per heavy atom. The smallest absolute Gasteiger partial charge is 0.126 e. The van der Waals surface area contributed by atoms with Gasteiger partial charge in [0, 0.05) is 12.0 Å². The molecule has 4 N–H and O–H groups in total. The van der Waals surface area contributed by atoms with Crippen molar-refractivity contribution in [2.45, 2.75) is 36.9 Å². The molecule has 27 heavy (non-hydrogen) atoms. The fourth-order valence-electron chi connectivity index (χ4n) is 3.22. The highest BCUT2D eigenvalue weighted by atomic mass is 19.1. The Balaban J connectivity index is 1.86. The third-order valence-electron chi connectivity index (χ3n) is 4.81. The summed E-state index contributed by atoms with van der Waals surface area (Å²) in [6.07, 6.45) is -0.694. The van der Waals surface area contributed by atoms with Crippen LogP contribution in [-0.2, 0) is 11.2 Å². The van der Waals surface area contributed by atoms with Crippen LogP contribution < -0.4 is 0 Å². The van der Waals surface area contributed by atoms with E-state index in [0.717, 1.165) is 11.1 Å². The van der Waals surface area contributed by atoms with Crippen LogP contribution in [-0.4, -0.2) is 51.4 Å². The van der Waals surface area contributed by atoms with Gasteiger partial charge in [-0.25, -0.2) is 4.39 Å². The zero-order valence-corrected chi connectivity index (χ0v) is 14.5. The van der Waals surface area contributed by atoms with E-state index in [1.165, 1.54) is 12.1 Å². The normalized spacial score (nSPS) is 27.9. The van der Waals surface area contributed by atoms with Crippen molar-refractivity contribution >= 4 is 0 Å². The zero-order chi connectivity index (χ0) is 19.6. The molecule has 6 heteroatoms. The van der Waals surface area contributed by atoms with Gasteiger partial charge >= 0.3 is 0 Å². The van der Waals surface area contributed by atoms with Crippen LogP contribution in [0.4, 0.5) is 4.39 Å². The molecule has 2 aromatic rings. The summed E-state index contributed by atoms with van der Waals surface area (Å²) in [7, 11) is 0. The van der Waals surface area contributed by atoms with E-state index < -0.39 is 42.9 Å². The molecular formula is C21H21FO5. The van der Waals surface area contributed by atoms with Gasteiger partial charge in [-0.15, -0.1) is 6.42 Å². The summed E-state index contributed by atoms with van der Waals surface area (Å²) in [4.78, 5) is 0. The van der Waals surface area contributed by atoms with Crippen molar-refractivity contribution in [1.29, 1.82) is 0 Å². The van der Waals surface area contributed by atoms with Crippen LogP contribution in [0.2, 0.25) is 0 Å². The molecule has 3 rings (SSSR count). The number of rotatable bonds is 4. The van der Waals surface area contributed by atoms with Gasteiger partial charge in [0.05, 0.1) is 6.61 Å². The van der Waals surface area contributed by atoms with Crippen molar-refractivity contribution < 1.29 is 29.6 Å². The first-order chi connectivity index (χ1) is 12.9. The first-order valence-corrected chi connectivity index (χ1v) is 8.59. The van der Waals surface area contributed by atoms with E-state index in [9.17, 15) is 24.8 Å². The van der Waals surface area contributed by atoms with Crippen LogP contribution in [0.1, 0.15) is 28.4 Å². The van der Waals surface area contributed by atoms with Crippen LogP contribution in [0.25, 0.3) is 0 Å². The monoisotopic (exact) mass is 372 g/mol. The Morgan fingerprint density at radius 3 is 2.33 bits per heavy atom. The summed E-state index contributed by atoms with van der Waals surface area (Å²) in [5.41, 5.74) is 2.43. The Hall–Kier alpha value is -2.27. The van der Waals surface area contributed by atoms with Crippen molar-refractivity contribution in [3.05, 3.63) is 70.5 Å². The van der Waals surface area contributed by atoms with Gasteiger partial charge in [-0.3, -0.25) is 0 Å². The molecule has 1 unspecified atom stereocenters. The second kappa shape index (κ2) is 8.17. The summed E-state index contributed by atoms with van der Waals surface area (Å²) >= 11 is 0. The summed E-state index contributed by atoms with van der Waals surface area (Å²) in [6, 6.07) is 11.4. The number of benzene rings is 2. The average molecular weight is 372 g/mol.